The van der Waals surface area contributed by atoms with Gasteiger partial charge in [-0.15, -0.1) is 0 Å². The van der Waals surface area contributed by atoms with E-state index in [-0.39, 0.29) is 17.4 Å². The van der Waals surface area contributed by atoms with Crippen molar-refractivity contribution in [3.63, 3.8) is 0 Å². The Labute approximate surface area is 86.5 Å². The predicted molar refractivity (Wildman–Crippen MR) is 53.7 cm³/mol. The lowest BCUT2D eigenvalue weighted by atomic mass is 10.0. The first kappa shape index (κ1) is 11.2. The van der Waals surface area contributed by atoms with E-state index >= 15 is 0 Å². The number of non-ortho nitro benzene ring substituents is 1. The summed E-state index contributed by atoms with van der Waals surface area (Å²) >= 11 is 0. The van der Waals surface area contributed by atoms with Crippen LogP contribution in [0.1, 0.15) is 12.5 Å². The van der Waals surface area contributed by atoms with Crippen LogP contribution < -0.4 is 0 Å². The van der Waals surface area contributed by atoms with Crippen molar-refractivity contribution < 1.29 is 14.8 Å². The fraction of sp³-hybridized carbons (Fsp3) is 0.300. The second-order valence-corrected chi connectivity index (χ2v) is 3.39. The summed E-state index contributed by atoms with van der Waals surface area (Å²) in [6.07, 6.45) is 1.05. The van der Waals surface area contributed by atoms with E-state index in [0.29, 0.717) is 12.0 Å². The molecule has 1 N–H and O–H groups in total. The summed E-state index contributed by atoms with van der Waals surface area (Å²) in [5.74, 6) is -0.285. The molecule has 0 aliphatic carbocycles. The number of carbonyl (C=O) groups excluding carboxylic acids is 1. The molecule has 0 radical (unpaired) electrons. The van der Waals surface area contributed by atoms with Crippen molar-refractivity contribution in [3.8, 4) is 5.75 Å². The van der Waals surface area contributed by atoms with Crippen molar-refractivity contribution in [1.29, 1.82) is 0 Å². The predicted octanol–water partition coefficient (Wildman–Crippen LogP) is 1.68. The highest BCUT2D eigenvalue weighted by Crippen LogP contribution is 2.24. The van der Waals surface area contributed by atoms with Gasteiger partial charge >= 0.3 is 0 Å². The highest BCUT2D eigenvalue weighted by Gasteiger charge is 2.12. The van der Waals surface area contributed by atoms with Gasteiger partial charge in [-0.2, -0.15) is 0 Å². The highest BCUT2D eigenvalue weighted by molar-refractivity contribution is 5.55. The molecule has 1 aromatic rings. The number of hydrogen-bond donors (Lipinski definition) is 1. The van der Waals surface area contributed by atoms with Gasteiger partial charge in [-0.25, -0.2) is 0 Å². The number of phenols is 1. The van der Waals surface area contributed by atoms with Crippen LogP contribution in [-0.4, -0.2) is 16.3 Å². The van der Waals surface area contributed by atoms with Crippen LogP contribution in [-0.2, 0) is 11.2 Å². The van der Waals surface area contributed by atoms with E-state index < -0.39 is 4.92 Å². The lowest BCUT2D eigenvalue weighted by Gasteiger charge is -2.05. The second kappa shape index (κ2) is 4.54. The Balaban J connectivity index is 3.00. The molecule has 0 saturated heterocycles. The number of benzene rings is 1. The van der Waals surface area contributed by atoms with Crippen molar-refractivity contribution in [2.75, 3.05) is 0 Å². The van der Waals surface area contributed by atoms with Crippen LogP contribution in [0.25, 0.3) is 0 Å². The van der Waals surface area contributed by atoms with Crippen molar-refractivity contribution in [3.05, 3.63) is 33.9 Å². The highest BCUT2D eigenvalue weighted by atomic mass is 16.6. The van der Waals surface area contributed by atoms with Crippen LogP contribution >= 0.6 is 0 Å². The number of aldehydes is 1. The van der Waals surface area contributed by atoms with Gasteiger partial charge in [0.25, 0.3) is 5.69 Å². The molecule has 80 valence electrons. The van der Waals surface area contributed by atoms with Gasteiger partial charge in [0.2, 0.25) is 0 Å². The van der Waals surface area contributed by atoms with Crippen molar-refractivity contribution in [2.24, 2.45) is 5.92 Å². The third kappa shape index (κ3) is 2.77. The molecule has 0 heterocycles. The number of nitro groups is 1. The standard InChI is InChI=1S/C10H11NO4/c1-7(6-12)4-8-5-9(11(14)15)2-3-10(8)13/h2-3,5-7,13H,4H2,1H3. The Morgan fingerprint density at radius 3 is 2.80 bits per heavy atom. The molecule has 0 saturated carbocycles. The molecule has 0 aliphatic rings. The van der Waals surface area contributed by atoms with Crippen LogP contribution in [0.15, 0.2) is 18.2 Å². The first-order valence-electron chi connectivity index (χ1n) is 4.46. The van der Waals surface area contributed by atoms with Crippen LogP contribution in [0.2, 0.25) is 0 Å². The number of hydrogen-bond acceptors (Lipinski definition) is 4. The van der Waals surface area contributed by atoms with Gasteiger partial charge in [-0.05, 0) is 12.5 Å². The Morgan fingerprint density at radius 2 is 2.27 bits per heavy atom. The van der Waals surface area contributed by atoms with Crippen molar-refractivity contribution >= 4 is 12.0 Å². The first-order valence-corrected chi connectivity index (χ1v) is 4.46. The van der Waals surface area contributed by atoms with E-state index in [0.717, 1.165) is 6.29 Å². The summed E-state index contributed by atoms with van der Waals surface area (Å²) in [5.41, 5.74) is 0.338. The van der Waals surface area contributed by atoms with Crippen LogP contribution in [0.5, 0.6) is 5.75 Å². The fourth-order valence-corrected chi connectivity index (χ4v) is 1.24. The molecule has 0 amide bonds. The quantitative estimate of drug-likeness (QED) is 0.464. The molecule has 0 fully saturated rings. The van der Waals surface area contributed by atoms with Crippen molar-refractivity contribution in [1.82, 2.24) is 0 Å². The average Bonchev–Trinajstić information content (AvgIpc) is 2.20. The molecule has 0 bridgehead atoms. The fourth-order valence-electron chi connectivity index (χ4n) is 1.24. The third-order valence-electron chi connectivity index (χ3n) is 2.05. The first-order chi connectivity index (χ1) is 7.04. The maximum Gasteiger partial charge on any atom is 0.269 e. The monoisotopic (exact) mass is 209 g/mol. The SMILES string of the molecule is CC(C=O)Cc1cc([N+](=O)[O-])ccc1O. The van der Waals surface area contributed by atoms with E-state index in [4.69, 9.17) is 0 Å². The summed E-state index contributed by atoms with van der Waals surface area (Å²) in [5, 5.41) is 19.9. The number of phenolic OH excluding ortho intramolecular Hbond substituents is 1. The Kier molecular flexibility index (Phi) is 3.38. The maximum absolute atomic E-state index is 10.5. The van der Waals surface area contributed by atoms with Crippen LogP contribution in [0, 0.1) is 16.0 Å². The minimum absolute atomic E-state index is 0.0192. The molecule has 5 nitrogen and oxygen atoms in total. The number of carbonyl (C=O) groups is 1. The second-order valence-electron chi connectivity index (χ2n) is 3.39. The van der Waals surface area contributed by atoms with E-state index in [2.05, 4.69) is 0 Å². The maximum atomic E-state index is 10.5. The van der Waals surface area contributed by atoms with Gasteiger partial charge in [-0.1, -0.05) is 6.92 Å². The molecule has 1 unspecified atom stereocenters. The summed E-state index contributed by atoms with van der Waals surface area (Å²) in [6, 6.07) is 3.78. The summed E-state index contributed by atoms with van der Waals surface area (Å²) < 4.78 is 0. The molecule has 1 aromatic carbocycles. The molecular formula is C10H11NO4. The van der Waals surface area contributed by atoms with Gasteiger partial charge in [0.1, 0.15) is 12.0 Å². The van der Waals surface area contributed by atoms with E-state index in [9.17, 15) is 20.0 Å². The Hall–Kier alpha value is -1.91. The van der Waals surface area contributed by atoms with Gasteiger partial charge in [0.05, 0.1) is 4.92 Å². The van der Waals surface area contributed by atoms with Crippen molar-refractivity contribution in [2.45, 2.75) is 13.3 Å². The van der Waals surface area contributed by atoms with Gasteiger partial charge < -0.3 is 9.90 Å². The van der Waals surface area contributed by atoms with Gasteiger partial charge in [-0.3, -0.25) is 10.1 Å². The minimum atomic E-state index is -0.533. The number of nitro benzene ring substituents is 1. The number of nitrogens with zero attached hydrogens (tertiary/aromatic N) is 1. The summed E-state index contributed by atoms with van der Waals surface area (Å²) in [4.78, 5) is 20.4. The smallest absolute Gasteiger partial charge is 0.269 e. The largest absolute Gasteiger partial charge is 0.508 e. The van der Waals surface area contributed by atoms with E-state index in [1.165, 1.54) is 18.2 Å². The topological polar surface area (TPSA) is 80.4 Å². The van der Waals surface area contributed by atoms with Crippen LogP contribution in [0.3, 0.4) is 0 Å². The van der Waals surface area contributed by atoms with E-state index in [1.54, 1.807) is 6.92 Å². The summed E-state index contributed by atoms with van der Waals surface area (Å²) in [7, 11) is 0. The summed E-state index contributed by atoms with van der Waals surface area (Å²) in [6.45, 7) is 1.69. The van der Waals surface area contributed by atoms with E-state index in [1.807, 2.05) is 0 Å². The third-order valence-corrected chi connectivity index (χ3v) is 2.05. The molecule has 0 aromatic heterocycles. The average molecular weight is 209 g/mol. The molecular weight excluding hydrogens is 198 g/mol. The minimum Gasteiger partial charge on any atom is -0.508 e. The van der Waals surface area contributed by atoms with Gasteiger partial charge in [0.15, 0.2) is 0 Å². The lowest BCUT2D eigenvalue weighted by molar-refractivity contribution is -0.384. The number of aromatic hydroxyl groups is 1. The Morgan fingerprint density at radius 1 is 1.60 bits per heavy atom. The molecule has 1 rings (SSSR count). The molecule has 0 spiro atoms. The zero-order valence-electron chi connectivity index (χ0n) is 8.21. The van der Waals surface area contributed by atoms with Gasteiger partial charge in [0, 0.05) is 23.6 Å². The lowest BCUT2D eigenvalue weighted by Crippen LogP contribution is -2.01. The zero-order valence-corrected chi connectivity index (χ0v) is 8.21. The normalized spacial score (nSPS) is 12.1. The van der Waals surface area contributed by atoms with Crippen LogP contribution in [0.4, 0.5) is 5.69 Å². The number of rotatable bonds is 4. The zero-order chi connectivity index (χ0) is 11.4. The molecule has 5 heteroatoms. The molecule has 15 heavy (non-hydrogen) atoms. The molecule has 0 aliphatic heterocycles. The molecule has 1 atom stereocenters. The Bertz CT molecular complexity index is 389.